The third-order valence-electron chi connectivity index (χ3n) is 5.55. The third kappa shape index (κ3) is 7.81. The molecule has 0 N–H and O–H groups in total. The zero-order valence-electron chi connectivity index (χ0n) is 20.2. The Hall–Kier alpha value is -2.36. The zero-order chi connectivity index (χ0) is 22.7. The summed E-state index contributed by atoms with van der Waals surface area (Å²) in [4.78, 5) is 20.3. The number of nitrogens with zero attached hydrogens (tertiary/aromatic N) is 2. The van der Waals surface area contributed by atoms with Crippen LogP contribution in [0.4, 0.5) is 0 Å². The third-order valence-corrected chi connectivity index (χ3v) is 5.55. The molecule has 0 aliphatic carbocycles. The first-order valence-corrected chi connectivity index (χ1v) is 11.1. The average Bonchev–Trinajstić information content (AvgIpc) is 2.76. The van der Waals surface area contributed by atoms with Gasteiger partial charge in [0, 0.05) is 24.5 Å². The van der Waals surface area contributed by atoms with Crippen LogP contribution in [0.15, 0.2) is 52.2 Å². The molecule has 30 heavy (non-hydrogen) atoms. The van der Waals surface area contributed by atoms with E-state index in [1.165, 1.54) is 5.57 Å². The van der Waals surface area contributed by atoms with Gasteiger partial charge in [-0.2, -0.15) is 0 Å². The normalized spacial score (nSPS) is 14.3. The van der Waals surface area contributed by atoms with Crippen LogP contribution in [0.25, 0.3) is 0 Å². The van der Waals surface area contributed by atoms with Crippen molar-refractivity contribution in [3.63, 3.8) is 0 Å². The van der Waals surface area contributed by atoms with Gasteiger partial charge in [-0.3, -0.25) is 9.79 Å². The lowest BCUT2D eigenvalue weighted by molar-refractivity contribution is -0.127. The lowest BCUT2D eigenvalue weighted by atomic mass is 10.0. The first-order chi connectivity index (χ1) is 14.3. The van der Waals surface area contributed by atoms with Crippen LogP contribution in [0.1, 0.15) is 73.3 Å². The average molecular weight is 413 g/mol. The van der Waals surface area contributed by atoms with E-state index in [4.69, 9.17) is 9.73 Å². The molecule has 4 heteroatoms. The number of hydrogen-bond donors (Lipinski definition) is 0. The Balaban J connectivity index is 3.32. The Morgan fingerprint density at radius 2 is 1.77 bits per heavy atom. The van der Waals surface area contributed by atoms with Crippen molar-refractivity contribution in [3.8, 4) is 5.75 Å². The van der Waals surface area contributed by atoms with Gasteiger partial charge in [-0.25, -0.2) is 0 Å². The molecule has 0 saturated heterocycles. The van der Waals surface area contributed by atoms with Crippen molar-refractivity contribution in [2.24, 2.45) is 10.9 Å². The second-order valence-electron chi connectivity index (χ2n) is 7.98. The molecule has 1 aromatic carbocycles. The highest BCUT2D eigenvalue weighted by Crippen LogP contribution is 2.20. The SMILES string of the molecule is CCCN(Cc1ccc(OC)cc1)C(=O)C(/C=C(/C)CC)=C(\C)N=C(C)C(C)CC. The topological polar surface area (TPSA) is 41.9 Å². The second-order valence-corrected chi connectivity index (χ2v) is 7.98. The van der Waals surface area contributed by atoms with E-state index >= 15 is 0 Å². The van der Waals surface area contributed by atoms with Crippen LogP contribution >= 0.6 is 0 Å². The molecule has 4 nitrogen and oxygen atoms in total. The van der Waals surface area contributed by atoms with Gasteiger partial charge in [0.1, 0.15) is 5.75 Å². The maximum absolute atomic E-state index is 13.6. The minimum atomic E-state index is 0.0404. The van der Waals surface area contributed by atoms with E-state index in [0.717, 1.165) is 42.0 Å². The van der Waals surface area contributed by atoms with Crippen LogP contribution in [0.2, 0.25) is 0 Å². The molecule has 0 aliphatic heterocycles. The minimum Gasteiger partial charge on any atom is -0.497 e. The van der Waals surface area contributed by atoms with E-state index < -0.39 is 0 Å². The quantitative estimate of drug-likeness (QED) is 0.234. The van der Waals surface area contributed by atoms with Crippen LogP contribution in [-0.2, 0) is 11.3 Å². The summed E-state index contributed by atoms with van der Waals surface area (Å²) >= 11 is 0. The van der Waals surface area contributed by atoms with Gasteiger partial charge in [0.25, 0.3) is 5.91 Å². The number of ether oxygens (including phenoxy) is 1. The highest BCUT2D eigenvalue weighted by molar-refractivity contribution is 5.97. The van der Waals surface area contributed by atoms with E-state index in [9.17, 15) is 4.79 Å². The van der Waals surface area contributed by atoms with Crippen LogP contribution in [0.5, 0.6) is 5.75 Å². The molecule has 0 aliphatic rings. The number of allylic oxidation sites excluding steroid dienone is 2. The molecule has 1 rings (SSSR count). The second kappa shape index (κ2) is 13.0. The van der Waals surface area contributed by atoms with Gasteiger partial charge in [0.05, 0.1) is 12.7 Å². The maximum atomic E-state index is 13.6. The molecule has 0 bridgehead atoms. The van der Waals surface area contributed by atoms with Crippen molar-refractivity contribution in [2.45, 2.75) is 74.3 Å². The highest BCUT2D eigenvalue weighted by atomic mass is 16.5. The Morgan fingerprint density at radius 3 is 2.27 bits per heavy atom. The highest BCUT2D eigenvalue weighted by Gasteiger charge is 2.19. The van der Waals surface area contributed by atoms with Crippen LogP contribution in [0, 0.1) is 5.92 Å². The number of aliphatic imine (C=N–C) groups is 1. The number of methoxy groups -OCH3 is 1. The molecule has 0 spiro atoms. The fraction of sp³-hybridized carbons (Fsp3) is 0.538. The standard InChI is InChI=1S/C26H40N2O2/c1-9-16-28(18-23-12-14-24(30-8)15-13-23)26(29)25(17-19(4)10-2)22(7)27-21(6)20(5)11-3/h12-15,17,20H,9-11,16,18H2,1-8H3/b19-17-,25-22+,27-21?. The van der Waals surface area contributed by atoms with Gasteiger partial charge in [0.15, 0.2) is 0 Å². The maximum Gasteiger partial charge on any atom is 0.255 e. The Bertz CT molecular complexity index is 773. The van der Waals surface area contributed by atoms with Crippen molar-refractivity contribution in [3.05, 3.63) is 52.7 Å². The molecule has 1 unspecified atom stereocenters. The Morgan fingerprint density at radius 1 is 1.13 bits per heavy atom. The monoisotopic (exact) mass is 412 g/mol. The number of amides is 1. The zero-order valence-corrected chi connectivity index (χ0v) is 20.2. The smallest absolute Gasteiger partial charge is 0.255 e. The summed E-state index contributed by atoms with van der Waals surface area (Å²) < 4.78 is 5.25. The van der Waals surface area contributed by atoms with Crippen LogP contribution < -0.4 is 4.74 Å². The predicted molar refractivity (Wildman–Crippen MR) is 128 cm³/mol. The van der Waals surface area contributed by atoms with Gasteiger partial charge in [-0.05, 0) is 69.7 Å². The molecular formula is C26H40N2O2. The summed E-state index contributed by atoms with van der Waals surface area (Å²) in [6.07, 6.45) is 4.86. The van der Waals surface area contributed by atoms with Crippen molar-refractivity contribution in [1.29, 1.82) is 0 Å². The van der Waals surface area contributed by atoms with Gasteiger partial charge in [-0.15, -0.1) is 0 Å². The number of carbonyl (C=O) groups is 1. The molecule has 0 aromatic heterocycles. The van der Waals surface area contributed by atoms with Gasteiger partial charge < -0.3 is 9.64 Å². The molecule has 0 heterocycles. The van der Waals surface area contributed by atoms with Crippen LogP contribution in [0.3, 0.4) is 0 Å². The lowest BCUT2D eigenvalue weighted by Gasteiger charge is -2.24. The van der Waals surface area contributed by atoms with Crippen molar-refractivity contribution in [2.75, 3.05) is 13.7 Å². The van der Waals surface area contributed by atoms with Crippen molar-refractivity contribution in [1.82, 2.24) is 4.90 Å². The minimum absolute atomic E-state index is 0.0404. The van der Waals surface area contributed by atoms with E-state index in [0.29, 0.717) is 24.6 Å². The molecule has 1 amide bonds. The summed E-state index contributed by atoms with van der Waals surface area (Å²) in [7, 11) is 1.66. The number of hydrogen-bond acceptors (Lipinski definition) is 3. The Labute approximate surface area is 183 Å². The lowest BCUT2D eigenvalue weighted by Crippen LogP contribution is -2.32. The van der Waals surface area contributed by atoms with E-state index in [1.807, 2.05) is 42.2 Å². The number of rotatable bonds is 11. The van der Waals surface area contributed by atoms with Gasteiger partial charge in [0.2, 0.25) is 0 Å². The molecule has 0 fully saturated rings. The summed E-state index contributed by atoms with van der Waals surface area (Å²) in [6, 6.07) is 7.91. The van der Waals surface area contributed by atoms with E-state index in [2.05, 4.69) is 41.5 Å². The van der Waals surface area contributed by atoms with Crippen molar-refractivity contribution >= 4 is 11.6 Å². The van der Waals surface area contributed by atoms with E-state index in [1.54, 1.807) is 7.11 Å². The molecule has 1 atom stereocenters. The first-order valence-electron chi connectivity index (χ1n) is 11.1. The molecule has 166 valence electrons. The summed E-state index contributed by atoms with van der Waals surface area (Å²) in [5.74, 6) is 1.26. The fourth-order valence-electron chi connectivity index (χ4n) is 3.04. The largest absolute Gasteiger partial charge is 0.497 e. The molecule has 0 saturated carbocycles. The predicted octanol–water partition coefficient (Wildman–Crippen LogP) is 6.57. The first kappa shape index (κ1) is 25.7. The van der Waals surface area contributed by atoms with Crippen LogP contribution in [-0.4, -0.2) is 30.2 Å². The fourth-order valence-corrected chi connectivity index (χ4v) is 3.04. The van der Waals surface area contributed by atoms with E-state index in [-0.39, 0.29) is 5.91 Å². The summed E-state index contributed by atoms with van der Waals surface area (Å²) in [5, 5.41) is 0. The molecule has 0 radical (unpaired) electrons. The Kier molecular flexibility index (Phi) is 11.2. The number of carbonyl (C=O) groups excluding carboxylic acids is 1. The van der Waals surface area contributed by atoms with Gasteiger partial charge >= 0.3 is 0 Å². The number of benzene rings is 1. The van der Waals surface area contributed by atoms with Gasteiger partial charge in [-0.1, -0.05) is 45.4 Å². The molecule has 1 aromatic rings. The summed E-state index contributed by atoms with van der Waals surface area (Å²) in [6.45, 7) is 15.9. The van der Waals surface area contributed by atoms with Crippen molar-refractivity contribution < 1.29 is 9.53 Å². The molecular weight excluding hydrogens is 372 g/mol. The summed E-state index contributed by atoms with van der Waals surface area (Å²) in [5.41, 5.74) is 4.82.